The molecule has 1 heterocycles. The lowest BCUT2D eigenvalue weighted by Gasteiger charge is -2.21. The maximum Gasteiger partial charge on any atom is 0.323 e. The van der Waals surface area contributed by atoms with Gasteiger partial charge in [-0.1, -0.05) is 25.1 Å². The minimum atomic E-state index is -1.04. The first-order valence-corrected chi connectivity index (χ1v) is 6.87. The Labute approximate surface area is 123 Å². The molecule has 0 radical (unpaired) electrons. The van der Waals surface area contributed by atoms with Gasteiger partial charge in [0, 0.05) is 18.4 Å². The van der Waals surface area contributed by atoms with Gasteiger partial charge in [0.1, 0.15) is 12.2 Å². The number of amides is 1. The molecule has 0 unspecified atom stereocenters. The SMILES string of the molecule is CCCn1cccc1C(=O)N(CC(=O)O)c1ccccc1. The highest BCUT2D eigenvalue weighted by atomic mass is 16.4. The zero-order chi connectivity index (χ0) is 15.2. The molecule has 0 aliphatic rings. The van der Waals surface area contributed by atoms with E-state index in [0.717, 1.165) is 13.0 Å². The van der Waals surface area contributed by atoms with Crippen LogP contribution in [0.25, 0.3) is 0 Å². The molecule has 1 amide bonds. The van der Waals surface area contributed by atoms with E-state index in [1.54, 1.807) is 36.4 Å². The van der Waals surface area contributed by atoms with Crippen molar-refractivity contribution in [1.82, 2.24) is 4.57 Å². The van der Waals surface area contributed by atoms with Gasteiger partial charge in [0.25, 0.3) is 5.91 Å². The molecule has 1 aromatic carbocycles. The molecule has 0 saturated heterocycles. The topological polar surface area (TPSA) is 62.5 Å². The van der Waals surface area contributed by atoms with Crippen LogP contribution >= 0.6 is 0 Å². The van der Waals surface area contributed by atoms with E-state index in [1.807, 2.05) is 23.8 Å². The summed E-state index contributed by atoms with van der Waals surface area (Å²) in [4.78, 5) is 25.0. The van der Waals surface area contributed by atoms with E-state index < -0.39 is 5.97 Å². The van der Waals surface area contributed by atoms with Crippen LogP contribution in [0.5, 0.6) is 0 Å². The molecule has 0 aliphatic heterocycles. The molecule has 5 nitrogen and oxygen atoms in total. The first-order valence-electron chi connectivity index (χ1n) is 6.87. The third-order valence-corrected chi connectivity index (χ3v) is 3.12. The molecular weight excluding hydrogens is 268 g/mol. The van der Waals surface area contributed by atoms with Gasteiger partial charge in [0.05, 0.1) is 0 Å². The summed E-state index contributed by atoms with van der Waals surface area (Å²) in [6, 6.07) is 12.4. The van der Waals surface area contributed by atoms with Gasteiger partial charge < -0.3 is 9.67 Å². The molecule has 0 spiro atoms. The Morgan fingerprint density at radius 3 is 2.48 bits per heavy atom. The van der Waals surface area contributed by atoms with Gasteiger partial charge in [0.2, 0.25) is 0 Å². The smallest absolute Gasteiger partial charge is 0.323 e. The molecule has 0 saturated carbocycles. The number of carbonyl (C=O) groups is 2. The standard InChI is InChI=1S/C16H18N2O3/c1-2-10-17-11-6-9-14(17)16(21)18(12-15(19)20)13-7-4-3-5-8-13/h3-9,11H,2,10,12H2,1H3,(H,19,20). The van der Waals surface area contributed by atoms with Crippen LogP contribution in [0, 0.1) is 0 Å². The number of para-hydroxylation sites is 1. The van der Waals surface area contributed by atoms with Crippen molar-refractivity contribution >= 4 is 17.6 Å². The number of rotatable bonds is 6. The number of carbonyl (C=O) groups excluding carboxylic acids is 1. The Kier molecular flexibility index (Phi) is 4.77. The highest BCUT2D eigenvalue weighted by Crippen LogP contribution is 2.17. The van der Waals surface area contributed by atoms with E-state index in [2.05, 4.69) is 0 Å². The molecule has 0 atom stereocenters. The first-order chi connectivity index (χ1) is 10.1. The minimum Gasteiger partial charge on any atom is -0.480 e. The number of hydrogen-bond acceptors (Lipinski definition) is 2. The maximum atomic E-state index is 12.7. The van der Waals surface area contributed by atoms with Crippen LogP contribution in [0.3, 0.4) is 0 Å². The van der Waals surface area contributed by atoms with E-state index in [0.29, 0.717) is 11.4 Å². The number of aryl methyl sites for hydroxylation is 1. The van der Waals surface area contributed by atoms with Crippen LogP contribution < -0.4 is 4.90 Å². The molecule has 2 rings (SSSR count). The van der Waals surface area contributed by atoms with Crippen molar-refractivity contribution in [2.75, 3.05) is 11.4 Å². The lowest BCUT2D eigenvalue weighted by molar-refractivity contribution is -0.135. The van der Waals surface area contributed by atoms with Crippen molar-refractivity contribution in [3.05, 3.63) is 54.4 Å². The number of aromatic nitrogens is 1. The Hall–Kier alpha value is -2.56. The van der Waals surface area contributed by atoms with E-state index >= 15 is 0 Å². The average Bonchev–Trinajstić information content (AvgIpc) is 2.93. The summed E-state index contributed by atoms with van der Waals surface area (Å²) >= 11 is 0. The Morgan fingerprint density at radius 1 is 1.14 bits per heavy atom. The van der Waals surface area contributed by atoms with Crippen LogP contribution in [0.1, 0.15) is 23.8 Å². The summed E-state index contributed by atoms with van der Waals surface area (Å²) in [5.74, 6) is -1.34. The molecule has 5 heteroatoms. The third-order valence-electron chi connectivity index (χ3n) is 3.12. The third kappa shape index (κ3) is 3.51. The van der Waals surface area contributed by atoms with Crippen molar-refractivity contribution in [1.29, 1.82) is 0 Å². The lowest BCUT2D eigenvalue weighted by atomic mass is 10.2. The van der Waals surface area contributed by atoms with Crippen molar-refractivity contribution in [3.8, 4) is 0 Å². The van der Waals surface area contributed by atoms with Crippen LogP contribution in [0.4, 0.5) is 5.69 Å². The van der Waals surface area contributed by atoms with Gasteiger partial charge >= 0.3 is 5.97 Å². The lowest BCUT2D eigenvalue weighted by Crippen LogP contribution is -2.36. The van der Waals surface area contributed by atoms with Crippen LogP contribution in [-0.4, -0.2) is 28.1 Å². The van der Waals surface area contributed by atoms with Crippen molar-refractivity contribution in [3.63, 3.8) is 0 Å². The predicted octanol–water partition coefficient (Wildman–Crippen LogP) is 2.63. The molecule has 0 bridgehead atoms. The molecule has 0 fully saturated rings. The number of benzene rings is 1. The fourth-order valence-electron chi connectivity index (χ4n) is 2.21. The summed E-state index contributed by atoms with van der Waals surface area (Å²) < 4.78 is 1.85. The van der Waals surface area contributed by atoms with E-state index in [1.165, 1.54) is 4.90 Å². The Bertz CT molecular complexity index is 619. The molecule has 110 valence electrons. The Balaban J connectivity index is 2.34. The van der Waals surface area contributed by atoms with E-state index in [4.69, 9.17) is 5.11 Å². The number of carboxylic acid groups (broad SMARTS) is 1. The second-order valence-corrected chi connectivity index (χ2v) is 4.71. The van der Waals surface area contributed by atoms with Crippen LogP contribution in [-0.2, 0) is 11.3 Å². The van der Waals surface area contributed by atoms with Gasteiger partial charge in [-0.05, 0) is 30.7 Å². The quantitative estimate of drug-likeness (QED) is 0.888. The van der Waals surface area contributed by atoms with E-state index in [9.17, 15) is 9.59 Å². The summed E-state index contributed by atoms with van der Waals surface area (Å²) in [6.45, 7) is 2.39. The number of nitrogens with zero attached hydrogens (tertiary/aromatic N) is 2. The van der Waals surface area contributed by atoms with Crippen LogP contribution in [0.15, 0.2) is 48.7 Å². The normalized spacial score (nSPS) is 10.3. The molecule has 0 aliphatic carbocycles. The Morgan fingerprint density at radius 2 is 1.86 bits per heavy atom. The van der Waals surface area contributed by atoms with Crippen molar-refractivity contribution < 1.29 is 14.7 Å². The van der Waals surface area contributed by atoms with Crippen LogP contribution in [0.2, 0.25) is 0 Å². The second-order valence-electron chi connectivity index (χ2n) is 4.71. The van der Waals surface area contributed by atoms with Gasteiger partial charge in [-0.3, -0.25) is 14.5 Å². The first kappa shape index (κ1) is 14.8. The fourth-order valence-corrected chi connectivity index (χ4v) is 2.21. The van der Waals surface area contributed by atoms with E-state index in [-0.39, 0.29) is 12.5 Å². The minimum absolute atomic E-state index is 0.304. The predicted molar refractivity (Wildman–Crippen MR) is 80.5 cm³/mol. The maximum absolute atomic E-state index is 12.7. The largest absolute Gasteiger partial charge is 0.480 e. The summed E-state index contributed by atoms with van der Waals surface area (Å²) in [7, 11) is 0. The van der Waals surface area contributed by atoms with Gasteiger partial charge in [-0.2, -0.15) is 0 Å². The summed E-state index contributed by atoms with van der Waals surface area (Å²) in [5, 5.41) is 9.06. The molecule has 1 N–H and O–H groups in total. The van der Waals surface area contributed by atoms with Gasteiger partial charge in [-0.25, -0.2) is 0 Å². The second kappa shape index (κ2) is 6.74. The number of carboxylic acids is 1. The number of hydrogen-bond donors (Lipinski definition) is 1. The monoisotopic (exact) mass is 286 g/mol. The zero-order valence-electron chi connectivity index (χ0n) is 11.9. The van der Waals surface area contributed by atoms with Crippen molar-refractivity contribution in [2.45, 2.75) is 19.9 Å². The average molecular weight is 286 g/mol. The van der Waals surface area contributed by atoms with Gasteiger partial charge in [0.15, 0.2) is 0 Å². The molecule has 21 heavy (non-hydrogen) atoms. The van der Waals surface area contributed by atoms with Gasteiger partial charge in [-0.15, -0.1) is 0 Å². The number of anilines is 1. The zero-order valence-corrected chi connectivity index (χ0v) is 11.9. The molecular formula is C16H18N2O3. The molecule has 2 aromatic rings. The number of aliphatic carboxylic acids is 1. The summed E-state index contributed by atoms with van der Waals surface area (Å²) in [5.41, 5.74) is 1.08. The van der Waals surface area contributed by atoms with Crippen molar-refractivity contribution in [2.24, 2.45) is 0 Å². The fraction of sp³-hybridized carbons (Fsp3) is 0.250. The highest BCUT2D eigenvalue weighted by molar-refractivity contribution is 6.07. The highest BCUT2D eigenvalue weighted by Gasteiger charge is 2.22. The molecule has 1 aromatic heterocycles. The summed E-state index contributed by atoms with van der Waals surface area (Å²) in [6.07, 6.45) is 2.74.